The Kier molecular flexibility index (Phi) is 5.40. The van der Waals surface area contributed by atoms with E-state index in [1.54, 1.807) is 38.4 Å². The zero-order chi connectivity index (χ0) is 16.7. The van der Waals surface area contributed by atoms with Crippen molar-refractivity contribution < 1.29 is 9.90 Å². The van der Waals surface area contributed by atoms with Gasteiger partial charge < -0.3 is 10.4 Å². The highest BCUT2D eigenvalue weighted by Gasteiger charge is 2.15. The number of allylic oxidation sites excluding steroid dienone is 4. The van der Waals surface area contributed by atoms with Gasteiger partial charge >= 0.3 is 6.03 Å². The first kappa shape index (κ1) is 16.2. The van der Waals surface area contributed by atoms with Crippen molar-refractivity contribution >= 4 is 23.7 Å². The van der Waals surface area contributed by atoms with Crippen LogP contribution in [0.25, 0.3) is 0 Å². The van der Waals surface area contributed by atoms with Gasteiger partial charge in [0.1, 0.15) is 11.5 Å². The molecule has 0 radical (unpaired) electrons. The molecule has 7 nitrogen and oxygen atoms in total. The van der Waals surface area contributed by atoms with Crippen LogP contribution in [0.15, 0.2) is 63.3 Å². The molecule has 1 aromatic carbocycles. The molecular formula is C16H17N5O2. The van der Waals surface area contributed by atoms with Crippen LogP contribution < -0.4 is 10.7 Å². The van der Waals surface area contributed by atoms with Gasteiger partial charge in [0, 0.05) is 14.1 Å². The van der Waals surface area contributed by atoms with Crippen molar-refractivity contribution in [1.29, 1.82) is 0 Å². The second-order valence-corrected chi connectivity index (χ2v) is 4.54. The highest BCUT2D eigenvalue weighted by molar-refractivity contribution is 6.52. The predicted molar refractivity (Wildman–Crippen MR) is 91.3 cm³/mol. The van der Waals surface area contributed by atoms with Crippen LogP contribution in [0.2, 0.25) is 0 Å². The number of hydrazone groups is 1. The second-order valence-electron chi connectivity index (χ2n) is 4.54. The third-order valence-electron chi connectivity index (χ3n) is 3.00. The van der Waals surface area contributed by atoms with E-state index in [2.05, 4.69) is 25.8 Å². The molecule has 0 saturated heterocycles. The number of urea groups is 1. The maximum Gasteiger partial charge on any atom is 0.339 e. The number of carbonyl (C=O) groups is 1. The van der Waals surface area contributed by atoms with Crippen LogP contribution in [0.5, 0.6) is 5.75 Å². The molecule has 0 heterocycles. The molecule has 23 heavy (non-hydrogen) atoms. The number of benzene rings is 1. The third kappa shape index (κ3) is 4.37. The minimum Gasteiger partial charge on any atom is -0.508 e. The summed E-state index contributed by atoms with van der Waals surface area (Å²) in [6, 6.07) is 5.95. The van der Waals surface area contributed by atoms with Crippen molar-refractivity contribution in [3.8, 4) is 5.75 Å². The normalized spacial score (nSPS) is 17.6. The monoisotopic (exact) mass is 311 g/mol. The van der Waals surface area contributed by atoms with Crippen molar-refractivity contribution in [3.63, 3.8) is 0 Å². The quantitative estimate of drug-likeness (QED) is 0.449. The number of aromatic hydroxyl groups is 1. The number of rotatable bonds is 3. The Labute approximate surface area is 133 Å². The van der Waals surface area contributed by atoms with Crippen LogP contribution >= 0.6 is 0 Å². The molecule has 0 aromatic heterocycles. The zero-order valence-corrected chi connectivity index (χ0v) is 12.8. The molecule has 7 heteroatoms. The molecule has 0 atom stereocenters. The summed E-state index contributed by atoms with van der Waals surface area (Å²) in [6.07, 6.45) is 6.81. The number of hydrogen-bond acceptors (Lipinski definition) is 5. The second kappa shape index (κ2) is 7.69. The molecular weight excluding hydrogens is 294 g/mol. The van der Waals surface area contributed by atoms with E-state index in [0.717, 1.165) is 5.56 Å². The summed E-state index contributed by atoms with van der Waals surface area (Å²) in [6.45, 7) is 0. The Morgan fingerprint density at radius 1 is 1.17 bits per heavy atom. The number of amides is 2. The summed E-state index contributed by atoms with van der Waals surface area (Å²) in [5.41, 5.74) is 4.96. The van der Waals surface area contributed by atoms with Crippen LogP contribution in [-0.4, -0.2) is 42.9 Å². The van der Waals surface area contributed by atoms with Gasteiger partial charge in [-0.3, -0.25) is 9.98 Å². The number of nitrogens with zero attached hydrogens (tertiary/aromatic N) is 3. The number of hydrogen-bond donors (Lipinski definition) is 3. The summed E-state index contributed by atoms with van der Waals surface area (Å²) in [7, 11) is 3.30. The van der Waals surface area contributed by atoms with E-state index in [4.69, 9.17) is 0 Å². The molecule has 3 N–H and O–H groups in total. The van der Waals surface area contributed by atoms with Crippen LogP contribution in [0.1, 0.15) is 5.56 Å². The number of aliphatic imine (C=N–C) groups is 2. The largest absolute Gasteiger partial charge is 0.508 e. The van der Waals surface area contributed by atoms with E-state index in [1.807, 2.05) is 6.08 Å². The Bertz CT molecular complexity index is 727. The molecule has 0 saturated carbocycles. The first-order valence-corrected chi connectivity index (χ1v) is 6.86. The first-order chi connectivity index (χ1) is 11.1. The van der Waals surface area contributed by atoms with Crippen molar-refractivity contribution in [2.24, 2.45) is 15.1 Å². The van der Waals surface area contributed by atoms with E-state index < -0.39 is 6.03 Å². The van der Waals surface area contributed by atoms with Gasteiger partial charge in [-0.2, -0.15) is 5.10 Å². The summed E-state index contributed by atoms with van der Waals surface area (Å²) >= 11 is 0. The van der Waals surface area contributed by atoms with E-state index in [1.165, 1.54) is 18.3 Å². The molecule has 0 aliphatic heterocycles. The highest BCUT2D eigenvalue weighted by Crippen LogP contribution is 2.08. The Morgan fingerprint density at radius 2 is 1.91 bits per heavy atom. The van der Waals surface area contributed by atoms with Gasteiger partial charge in [0.05, 0.1) is 17.6 Å². The van der Waals surface area contributed by atoms with Gasteiger partial charge in [-0.15, -0.1) is 0 Å². The fraction of sp³-hybridized carbons (Fsp3) is 0.125. The topological polar surface area (TPSA) is 98.4 Å². The van der Waals surface area contributed by atoms with Crippen molar-refractivity contribution in [1.82, 2.24) is 10.7 Å². The standard InChI is InChI=1S/C16H17N5O2/c1-17-13-4-3-5-14(15(13)18-2)20-16(23)21-19-10-11-6-8-12(22)9-7-11/h3-10,22H,1-2H3,(H2,20,21,23)/b17-13?,18-15?,19-10+. The van der Waals surface area contributed by atoms with Crippen molar-refractivity contribution in [2.45, 2.75) is 0 Å². The average Bonchev–Trinajstić information content (AvgIpc) is 2.56. The molecule has 2 amide bonds. The number of carbonyl (C=O) groups excluding carboxylic acids is 1. The van der Waals surface area contributed by atoms with Gasteiger partial charge in [0.25, 0.3) is 0 Å². The lowest BCUT2D eigenvalue weighted by molar-refractivity contribution is 0.244. The Hall–Kier alpha value is -3.22. The lowest BCUT2D eigenvalue weighted by Gasteiger charge is -2.14. The Morgan fingerprint density at radius 3 is 2.57 bits per heavy atom. The average molecular weight is 311 g/mol. The van der Waals surface area contributed by atoms with Gasteiger partial charge in [-0.05, 0) is 42.0 Å². The number of nitrogens with one attached hydrogen (secondary N) is 2. The molecule has 2 rings (SSSR count). The van der Waals surface area contributed by atoms with Crippen LogP contribution in [-0.2, 0) is 0 Å². The summed E-state index contributed by atoms with van der Waals surface area (Å²) in [5, 5.41) is 15.7. The van der Waals surface area contributed by atoms with E-state index in [-0.39, 0.29) is 5.75 Å². The van der Waals surface area contributed by atoms with Crippen molar-refractivity contribution in [3.05, 3.63) is 53.8 Å². The van der Waals surface area contributed by atoms with Gasteiger partial charge in [-0.1, -0.05) is 6.08 Å². The molecule has 0 spiro atoms. The van der Waals surface area contributed by atoms with Crippen molar-refractivity contribution in [2.75, 3.05) is 14.1 Å². The first-order valence-electron chi connectivity index (χ1n) is 6.86. The smallest absolute Gasteiger partial charge is 0.339 e. The minimum absolute atomic E-state index is 0.171. The summed E-state index contributed by atoms with van der Waals surface area (Å²) in [5.74, 6) is 0.171. The van der Waals surface area contributed by atoms with Gasteiger partial charge in [0.15, 0.2) is 0 Å². The fourth-order valence-electron chi connectivity index (χ4n) is 1.92. The third-order valence-corrected chi connectivity index (χ3v) is 3.00. The van der Waals surface area contributed by atoms with E-state index >= 15 is 0 Å². The molecule has 0 unspecified atom stereocenters. The Balaban J connectivity index is 1.96. The lowest BCUT2D eigenvalue weighted by Crippen LogP contribution is -2.37. The molecule has 0 bridgehead atoms. The summed E-state index contributed by atoms with van der Waals surface area (Å²) < 4.78 is 0. The minimum atomic E-state index is -0.488. The molecule has 118 valence electrons. The zero-order valence-electron chi connectivity index (χ0n) is 12.8. The van der Waals surface area contributed by atoms with Crippen LogP contribution in [0.4, 0.5) is 4.79 Å². The molecule has 1 aromatic rings. The molecule has 1 aliphatic rings. The SMILES string of the molecule is CN=C1C=CC=C(NC(=O)N/N=C/c2ccc(O)cc2)C1=NC. The van der Waals surface area contributed by atoms with Gasteiger partial charge in [-0.25, -0.2) is 10.2 Å². The molecule has 0 fully saturated rings. The van der Waals surface area contributed by atoms with Gasteiger partial charge in [0.2, 0.25) is 0 Å². The number of phenols is 1. The lowest BCUT2D eigenvalue weighted by atomic mass is 10.1. The van der Waals surface area contributed by atoms with E-state index in [9.17, 15) is 9.90 Å². The molecule has 1 aliphatic carbocycles. The summed E-state index contributed by atoms with van der Waals surface area (Å²) in [4.78, 5) is 20.1. The van der Waals surface area contributed by atoms with E-state index in [0.29, 0.717) is 17.1 Å². The maximum absolute atomic E-state index is 11.9. The number of phenolic OH excluding ortho intramolecular Hbond substituents is 1. The van der Waals surface area contributed by atoms with Crippen LogP contribution in [0.3, 0.4) is 0 Å². The maximum atomic E-state index is 11.9. The highest BCUT2D eigenvalue weighted by atomic mass is 16.3. The predicted octanol–water partition coefficient (Wildman–Crippen LogP) is 1.62. The fourth-order valence-corrected chi connectivity index (χ4v) is 1.92. The van der Waals surface area contributed by atoms with Crippen LogP contribution in [0, 0.1) is 0 Å².